The minimum Gasteiger partial charge on any atom is -0.308 e. The van der Waals surface area contributed by atoms with Gasteiger partial charge in [0.05, 0.1) is 6.20 Å². The number of aromatic nitrogens is 1. The molecule has 5 heteroatoms. The highest BCUT2D eigenvalue weighted by atomic mass is 16.3. The van der Waals surface area contributed by atoms with E-state index in [4.69, 9.17) is 5.84 Å². The van der Waals surface area contributed by atoms with Gasteiger partial charge >= 0.3 is 0 Å². The molecule has 5 nitrogen and oxygen atoms in total. The van der Waals surface area contributed by atoms with Crippen LogP contribution in [-0.4, -0.2) is 4.98 Å². The maximum Gasteiger partial charge on any atom is 0.140 e. The molecule has 0 aliphatic rings. The molecule has 3 N–H and O–H groups in total. The summed E-state index contributed by atoms with van der Waals surface area (Å²) >= 11 is 0. The van der Waals surface area contributed by atoms with Crippen molar-refractivity contribution in [2.24, 2.45) is 11.0 Å². The van der Waals surface area contributed by atoms with E-state index in [1.54, 1.807) is 6.07 Å². The molecule has 1 heterocycles. The van der Waals surface area contributed by atoms with Crippen molar-refractivity contribution >= 4 is 11.5 Å². The molecular formula is C5H6N4O. The SMILES string of the molecule is NNc1ccc(N=O)cn1. The smallest absolute Gasteiger partial charge is 0.140 e. The fraction of sp³-hybridized carbons (Fsp3) is 0. The van der Waals surface area contributed by atoms with Crippen LogP contribution in [0.15, 0.2) is 23.5 Å². The molecule has 0 radical (unpaired) electrons. The molecule has 10 heavy (non-hydrogen) atoms. The Morgan fingerprint density at radius 1 is 1.60 bits per heavy atom. The molecule has 0 saturated carbocycles. The first kappa shape index (κ1) is 6.63. The van der Waals surface area contributed by atoms with Crippen LogP contribution < -0.4 is 11.3 Å². The van der Waals surface area contributed by atoms with Crippen molar-refractivity contribution in [1.82, 2.24) is 4.98 Å². The van der Waals surface area contributed by atoms with E-state index in [0.717, 1.165) is 0 Å². The van der Waals surface area contributed by atoms with Gasteiger partial charge in [-0.25, -0.2) is 10.8 Å². The Morgan fingerprint density at radius 2 is 2.40 bits per heavy atom. The average Bonchev–Trinajstić information content (AvgIpc) is 2.05. The van der Waals surface area contributed by atoms with Gasteiger partial charge in [-0.1, -0.05) is 0 Å². The van der Waals surface area contributed by atoms with Crippen LogP contribution in [-0.2, 0) is 0 Å². The van der Waals surface area contributed by atoms with E-state index in [9.17, 15) is 4.91 Å². The van der Waals surface area contributed by atoms with Crippen molar-refractivity contribution in [3.05, 3.63) is 23.2 Å². The van der Waals surface area contributed by atoms with E-state index in [1.807, 2.05) is 0 Å². The van der Waals surface area contributed by atoms with E-state index in [-0.39, 0.29) is 0 Å². The number of hydrazine groups is 1. The average molecular weight is 138 g/mol. The molecule has 0 aliphatic heterocycles. The van der Waals surface area contributed by atoms with Gasteiger partial charge in [0.1, 0.15) is 11.5 Å². The molecule has 1 rings (SSSR count). The summed E-state index contributed by atoms with van der Waals surface area (Å²) in [6, 6.07) is 3.09. The standard InChI is InChI=1S/C5H6N4O/c6-8-5-2-1-4(9-10)3-7-5/h1-3H,6H2,(H,7,8). The molecule has 1 aromatic heterocycles. The zero-order valence-electron chi connectivity index (χ0n) is 5.11. The van der Waals surface area contributed by atoms with Crippen LogP contribution in [0.2, 0.25) is 0 Å². The maximum atomic E-state index is 9.86. The van der Waals surface area contributed by atoms with Crippen LogP contribution >= 0.6 is 0 Å². The first-order valence-electron chi connectivity index (χ1n) is 2.63. The summed E-state index contributed by atoms with van der Waals surface area (Å²) in [5, 5.41) is 2.66. The van der Waals surface area contributed by atoms with Gasteiger partial charge < -0.3 is 5.43 Å². The number of anilines is 1. The summed E-state index contributed by atoms with van der Waals surface area (Å²) in [6.45, 7) is 0. The van der Waals surface area contributed by atoms with Crippen LogP contribution in [0.3, 0.4) is 0 Å². The van der Waals surface area contributed by atoms with Gasteiger partial charge in [0.2, 0.25) is 0 Å². The minimum atomic E-state index is 0.291. The van der Waals surface area contributed by atoms with Gasteiger partial charge in [-0.05, 0) is 17.3 Å². The van der Waals surface area contributed by atoms with Crippen molar-refractivity contribution in [2.75, 3.05) is 5.43 Å². The Hall–Kier alpha value is -1.49. The zero-order valence-corrected chi connectivity index (χ0v) is 5.11. The van der Waals surface area contributed by atoms with Gasteiger partial charge in [-0.3, -0.25) is 0 Å². The molecule has 0 saturated heterocycles. The molecular weight excluding hydrogens is 132 g/mol. The Morgan fingerprint density at radius 3 is 2.80 bits per heavy atom. The third kappa shape index (κ3) is 1.26. The Bertz CT molecular complexity index is 220. The number of hydrogen-bond acceptors (Lipinski definition) is 5. The van der Waals surface area contributed by atoms with Gasteiger partial charge in [0.25, 0.3) is 0 Å². The fourth-order valence-corrected chi connectivity index (χ4v) is 0.525. The number of rotatable bonds is 2. The van der Waals surface area contributed by atoms with Crippen LogP contribution in [0.1, 0.15) is 0 Å². The first-order chi connectivity index (χ1) is 4.86. The number of nitrogens with two attached hydrogens (primary N) is 1. The molecule has 0 bridgehead atoms. The lowest BCUT2D eigenvalue weighted by atomic mass is 10.4. The number of nitrogen functional groups attached to an aromatic ring is 1. The van der Waals surface area contributed by atoms with Crippen molar-refractivity contribution in [3.63, 3.8) is 0 Å². The number of nitrogens with zero attached hydrogens (tertiary/aromatic N) is 2. The van der Waals surface area contributed by atoms with E-state index in [2.05, 4.69) is 15.6 Å². The fourth-order valence-electron chi connectivity index (χ4n) is 0.525. The van der Waals surface area contributed by atoms with Gasteiger partial charge in [0.15, 0.2) is 0 Å². The van der Waals surface area contributed by atoms with Crippen molar-refractivity contribution in [2.45, 2.75) is 0 Å². The summed E-state index contributed by atoms with van der Waals surface area (Å²) in [5.74, 6) is 5.53. The normalized spacial score (nSPS) is 8.90. The largest absolute Gasteiger partial charge is 0.308 e. The van der Waals surface area contributed by atoms with Crippen LogP contribution in [0.4, 0.5) is 11.5 Å². The summed E-state index contributed by atoms with van der Waals surface area (Å²) in [5.41, 5.74) is 2.61. The molecule has 1 aromatic rings. The predicted octanol–water partition coefficient (Wildman–Crippen LogP) is 0.765. The quantitative estimate of drug-likeness (QED) is 0.359. The topological polar surface area (TPSA) is 80.4 Å². The number of pyridine rings is 1. The minimum absolute atomic E-state index is 0.291. The molecule has 0 aliphatic carbocycles. The van der Waals surface area contributed by atoms with E-state index >= 15 is 0 Å². The molecule has 0 spiro atoms. The monoisotopic (exact) mass is 138 g/mol. The van der Waals surface area contributed by atoms with Crippen molar-refractivity contribution < 1.29 is 0 Å². The number of nitroso groups, excluding NO2 is 1. The zero-order chi connectivity index (χ0) is 7.40. The highest BCUT2D eigenvalue weighted by molar-refractivity contribution is 5.42. The summed E-state index contributed by atoms with van der Waals surface area (Å²) in [6.07, 6.45) is 1.34. The van der Waals surface area contributed by atoms with Crippen LogP contribution in [0.5, 0.6) is 0 Å². The summed E-state index contributed by atoms with van der Waals surface area (Å²) in [7, 11) is 0. The third-order valence-corrected chi connectivity index (χ3v) is 1.00. The Balaban J connectivity index is 2.90. The van der Waals surface area contributed by atoms with Gasteiger partial charge in [0, 0.05) is 0 Å². The number of nitrogens with one attached hydrogen (secondary N) is 1. The van der Waals surface area contributed by atoms with E-state index < -0.39 is 0 Å². The number of hydrogen-bond donors (Lipinski definition) is 2. The second-order valence-electron chi connectivity index (χ2n) is 1.64. The lowest BCUT2D eigenvalue weighted by molar-refractivity contribution is 1.22. The van der Waals surface area contributed by atoms with Crippen molar-refractivity contribution in [1.29, 1.82) is 0 Å². The molecule has 0 amide bonds. The van der Waals surface area contributed by atoms with E-state index in [0.29, 0.717) is 11.5 Å². The highest BCUT2D eigenvalue weighted by Crippen LogP contribution is 2.10. The van der Waals surface area contributed by atoms with Crippen molar-refractivity contribution in [3.8, 4) is 0 Å². The summed E-state index contributed by atoms with van der Waals surface area (Å²) in [4.78, 5) is 13.6. The predicted molar refractivity (Wildman–Crippen MR) is 37.5 cm³/mol. The van der Waals surface area contributed by atoms with Gasteiger partial charge in [-0.2, -0.15) is 0 Å². The van der Waals surface area contributed by atoms with E-state index in [1.165, 1.54) is 12.3 Å². The summed E-state index contributed by atoms with van der Waals surface area (Å²) < 4.78 is 0. The lowest BCUT2D eigenvalue weighted by Gasteiger charge is -1.94. The molecule has 0 atom stereocenters. The Kier molecular flexibility index (Phi) is 1.91. The maximum absolute atomic E-state index is 9.86. The molecule has 0 fully saturated rings. The molecule has 0 aromatic carbocycles. The molecule has 52 valence electrons. The second kappa shape index (κ2) is 2.88. The highest BCUT2D eigenvalue weighted by Gasteiger charge is 1.90. The van der Waals surface area contributed by atoms with Crippen LogP contribution in [0.25, 0.3) is 0 Å². The second-order valence-corrected chi connectivity index (χ2v) is 1.64. The Labute approximate surface area is 57.2 Å². The van der Waals surface area contributed by atoms with Gasteiger partial charge in [-0.15, -0.1) is 4.91 Å². The molecule has 0 unspecified atom stereocenters. The third-order valence-electron chi connectivity index (χ3n) is 1.00. The first-order valence-corrected chi connectivity index (χ1v) is 2.63. The lowest BCUT2D eigenvalue weighted by Crippen LogP contribution is -2.07. The van der Waals surface area contributed by atoms with Crippen LogP contribution in [0, 0.1) is 4.91 Å².